The highest BCUT2D eigenvalue weighted by molar-refractivity contribution is 6.30. The number of carbonyl (C=O) groups is 1. The summed E-state index contributed by atoms with van der Waals surface area (Å²) in [5.41, 5.74) is 1.28. The van der Waals surface area contributed by atoms with Gasteiger partial charge in [0.1, 0.15) is 12.4 Å². The average molecular weight is 415 g/mol. The van der Waals surface area contributed by atoms with Crippen LogP contribution in [0.25, 0.3) is 11.4 Å². The molecule has 3 aromatic rings. The standard InChI is InChI=1S/C21H20ClFN4O2/c22-16-6-4-15(5-7-16)20-25-26(21(29)27(20)18-8-9-18)13-19(28)24-11-10-14-2-1-3-17(23)12-14/h1-7,12,18H,8-11,13H2,(H,24,28). The Morgan fingerprint density at radius 2 is 1.97 bits per heavy atom. The fraction of sp³-hybridized carbons (Fsp3) is 0.286. The van der Waals surface area contributed by atoms with Crippen molar-refractivity contribution in [3.63, 3.8) is 0 Å². The highest BCUT2D eigenvalue weighted by atomic mass is 35.5. The Morgan fingerprint density at radius 1 is 1.21 bits per heavy atom. The van der Waals surface area contributed by atoms with Crippen molar-refractivity contribution in [3.8, 4) is 11.4 Å². The molecule has 0 saturated heterocycles. The summed E-state index contributed by atoms with van der Waals surface area (Å²) < 4.78 is 16.1. The van der Waals surface area contributed by atoms with Crippen molar-refractivity contribution in [1.29, 1.82) is 0 Å². The second kappa shape index (κ2) is 8.21. The number of benzene rings is 2. The molecular formula is C21H20ClFN4O2. The quantitative estimate of drug-likeness (QED) is 0.645. The van der Waals surface area contributed by atoms with E-state index < -0.39 is 0 Å². The van der Waals surface area contributed by atoms with Gasteiger partial charge < -0.3 is 5.32 Å². The van der Waals surface area contributed by atoms with Gasteiger partial charge in [-0.3, -0.25) is 9.36 Å². The lowest BCUT2D eigenvalue weighted by Gasteiger charge is -2.05. The van der Waals surface area contributed by atoms with E-state index in [0.717, 1.165) is 24.0 Å². The van der Waals surface area contributed by atoms with Crippen molar-refractivity contribution in [2.45, 2.75) is 31.8 Å². The number of rotatable bonds is 7. The van der Waals surface area contributed by atoms with Crippen LogP contribution in [0.15, 0.2) is 53.3 Å². The Balaban J connectivity index is 1.45. The number of hydrogen-bond donors (Lipinski definition) is 1. The third kappa shape index (κ3) is 4.56. The highest BCUT2D eigenvalue weighted by Crippen LogP contribution is 2.36. The van der Waals surface area contributed by atoms with Gasteiger partial charge in [-0.25, -0.2) is 13.9 Å². The smallest absolute Gasteiger partial charge is 0.346 e. The minimum atomic E-state index is -0.313. The molecule has 150 valence electrons. The Kier molecular flexibility index (Phi) is 5.49. The van der Waals surface area contributed by atoms with Crippen LogP contribution in [-0.2, 0) is 17.8 Å². The van der Waals surface area contributed by atoms with Gasteiger partial charge in [0.25, 0.3) is 0 Å². The van der Waals surface area contributed by atoms with E-state index in [1.807, 2.05) is 12.1 Å². The molecule has 29 heavy (non-hydrogen) atoms. The molecule has 6 nitrogen and oxygen atoms in total. The molecule has 0 atom stereocenters. The largest absolute Gasteiger partial charge is 0.354 e. The Hall–Kier alpha value is -2.93. The van der Waals surface area contributed by atoms with Gasteiger partial charge in [-0.15, -0.1) is 5.10 Å². The molecule has 0 radical (unpaired) electrons. The van der Waals surface area contributed by atoms with E-state index in [1.165, 1.54) is 16.8 Å². The van der Waals surface area contributed by atoms with E-state index >= 15 is 0 Å². The topological polar surface area (TPSA) is 68.9 Å². The zero-order chi connectivity index (χ0) is 20.4. The van der Waals surface area contributed by atoms with E-state index in [0.29, 0.717) is 23.8 Å². The Labute approximate surface area is 171 Å². The van der Waals surface area contributed by atoms with Crippen molar-refractivity contribution in [2.75, 3.05) is 6.54 Å². The fourth-order valence-electron chi connectivity index (χ4n) is 3.21. The second-order valence-electron chi connectivity index (χ2n) is 7.10. The van der Waals surface area contributed by atoms with E-state index in [2.05, 4.69) is 10.4 Å². The number of carbonyl (C=O) groups excluding carboxylic acids is 1. The van der Waals surface area contributed by atoms with Crippen LogP contribution in [0, 0.1) is 5.82 Å². The van der Waals surface area contributed by atoms with Crippen molar-refractivity contribution in [2.24, 2.45) is 0 Å². The molecule has 1 aliphatic rings. The van der Waals surface area contributed by atoms with Gasteiger partial charge in [-0.2, -0.15) is 0 Å². The van der Waals surface area contributed by atoms with Crippen LogP contribution in [0.1, 0.15) is 24.4 Å². The maximum Gasteiger partial charge on any atom is 0.346 e. The summed E-state index contributed by atoms with van der Waals surface area (Å²) in [5.74, 6) is -0.0749. The number of aromatic nitrogens is 3. The number of amides is 1. The van der Waals surface area contributed by atoms with Crippen LogP contribution in [0.5, 0.6) is 0 Å². The lowest BCUT2D eigenvalue weighted by molar-refractivity contribution is -0.121. The zero-order valence-electron chi connectivity index (χ0n) is 15.6. The first-order chi connectivity index (χ1) is 14.0. The first kappa shape index (κ1) is 19.4. The van der Waals surface area contributed by atoms with Crippen molar-refractivity contribution in [3.05, 3.63) is 75.4 Å². The molecule has 0 bridgehead atoms. The zero-order valence-corrected chi connectivity index (χ0v) is 16.4. The number of nitrogens with zero attached hydrogens (tertiary/aromatic N) is 3. The third-order valence-corrected chi connectivity index (χ3v) is 5.06. The summed E-state index contributed by atoms with van der Waals surface area (Å²) in [5, 5.41) is 7.76. The van der Waals surface area contributed by atoms with Crippen molar-refractivity contribution in [1.82, 2.24) is 19.7 Å². The van der Waals surface area contributed by atoms with Gasteiger partial charge in [0.15, 0.2) is 5.82 Å². The Bertz CT molecular complexity index is 1090. The number of nitrogens with one attached hydrogen (secondary N) is 1. The van der Waals surface area contributed by atoms with Gasteiger partial charge in [0.2, 0.25) is 5.91 Å². The van der Waals surface area contributed by atoms with Crippen LogP contribution in [-0.4, -0.2) is 26.8 Å². The molecule has 1 saturated carbocycles. The normalized spacial score (nSPS) is 13.4. The van der Waals surface area contributed by atoms with Gasteiger partial charge in [0.05, 0.1) is 0 Å². The van der Waals surface area contributed by atoms with E-state index in [1.54, 1.807) is 28.8 Å². The number of hydrogen-bond acceptors (Lipinski definition) is 3. The summed E-state index contributed by atoms with van der Waals surface area (Å²) in [6.45, 7) is 0.187. The van der Waals surface area contributed by atoms with Crippen molar-refractivity contribution < 1.29 is 9.18 Å². The SMILES string of the molecule is O=C(Cn1nc(-c2ccc(Cl)cc2)n(C2CC2)c1=O)NCCc1cccc(F)c1. The molecule has 2 aromatic carbocycles. The molecule has 1 fully saturated rings. The first-order valence-corrected chi connectivity index (χ1v) is 9.85. The van der Waals surface area contributed by atoms with Gasteiger partial charge in [0, 0.05) is 23.2 Å². The van der Waals surface area contributed by atoms with Crippen LogP contribution < -0.4 is 11.0 Å². The summed E-state index contributed by atoms with van der Waals surface area (Å²) in [4.78, 5) is 25.1. The Morgan fingerprint density at radius 3 is 2.66 bits per heavy atom. The first-order valence-electron chi connectivity index (χ1n) is 9.47. The molecule has 0 spiro atoms. The van der Waals surface area contributed by atoms with E-state index in [4.69, 9.17) is 11.6 Å². The van der Waals surface area contributed by atoms with Crippen LogP contribution in [0.2, 0.25) is 5.02 Å². The molecule has 1 heterocycles. The molecule has 1 N–H and O–H groups in total. The van der Waals surface area contributed by atoms with Gasteiger partial charge in [-0.1, -0.05) is 23.7 Å². The highest BCUT2D eigenvalue weighted by Gasteiger charge is 2.30. The molecule has 8 heteroatoms. The predicted octanol–water partition coefficient (Wildman–Crippen LogP) is 3.20. The minimum absolute atomic E-state index is 0.123. The predicted molar refractivity (Wildman–Crippen MR) is 108 cm³/mol. The molecular weight excluding hydrogens is 395 g/mol. The molecule has 1 aliphatic carbocycles. The third-order valence-electron chi connectivity index (χ3n) is 4.80. The lowest BCUT2D eigenvalue weighted by Crippen LogP contribution is -2.34. The van der Waals surface area contributed by atoms with Gasteiger partial charge >= 0.3 is 5.69 Å². The lowest BCUT2D eigenvalue weighted by atomic mass is 10.1. The maximum absolute atomic E-state index is 13.2. The number of halogens is 2. The van der Waals surface area contributed by atoms with E-state index in [9.17, 15) is 14.0 Å². The van der Waals surface area contributed by atoms with Gasteiger partial charge in [-0.05, 0) is 61.2 Å². The monoisotopic (exact) mass is 414 g/mol. The second-order valence-corrected chi connectivity index (χ2v) is 7.54. The molecule has 0 aliphatic heterocycles. The summed E-state index contributed by atoms with van der Waals surface area (Å²) >= 11 is 5.95. The molecule has 1 aromatic heterocycles. The van der Waals surface area contributed by atoms with Crippen molar-refractivity contribution >= 4 is 17.5 Å². The minimum Gasteiger partial charge on any atom is -0.354 e. The molecule has 0 unspecified atom stereocenters. The summed E-state index contributed by atoms with van der Waals surface area (Å²) in [6.07, 6.45) is 2.35. The summed E-state index contributed by atoms with van der Waals surface area (Å²) in [7, 11) is 0. The molecule has 4 rings (SSSR count). The maximum atomic E-state index is 13.2. The van der Waals surface area contributed by atoms with Crippen LogP contribution in [0.3, 0.4) is 0 Å². The van der Waals surface area contributed by atoms with Crippen LogP contribution in [0.4, 0.5) is 4.39 Å². The van der Waals surface area contributed by atoms with Crippen LogP contribution >= 0.6 is 11.6 Å². The summed E-state index contributed by atoms with van der Waals surface area (Å²) in [6, 6.07) is 13.5. The fourth-order valence-corrected chi connectivity index (χ4v) is 3.34. The average Bonchev–Trinajstić information content (AvgIpc) is 3.47. The van der Waals surface area contributed by atoms with E-state index in [-0.39, 0.29) is 30.0 Å². The molecule has 1 amide bonds.